The summed E-state index contributed by atoms with van der Waals surface area (Å²) >= 11 is 5.60. The van der Waals surface area contributed by atoms with E-state index >= 15 is 0 Å². The normalized spacial score (nSPS) is 9.08. The van der Waals surface area contributed by atoms with Crippen LogP contribution in [0.5, 0.6) is 5.75 Å². The molecule has 0 bridgehead atoms. The van der Waals surface area contributed by atoms with Gasteiger partial charge in [-0.15, -0.1) is 6.42 Å². The second-order valence-corrected chi connectivity index (χ2v) is 2.50. The third-order valence-electron chi connectivity index (χ3n) is 1.20. The Morgan fingerprint density at radius 1 is 1.58 bits per heavy atom. The van der Waals surface area contributed by atoms with Crippen molar-refractivity contribution < 1.29 is 9.13 Å². The van der Waals surface area contributed by atoms with Crippen LogP contribution in [0.1, 0.15) is 0 Å². The van der Waals surface area contributed by atoms with Crippen molar-refractivity contribution in [3.05, 3.63) is 29.0 Å². The van der Waals surface area contributed by atoms with Gasteiger partial charge in [-0.3, -0.25) is 0 Å². The highest BCUT2D eigenvalue weighted by Crippen LogP contribution is 2.21. The van der Waals surface area contributed by atoms with Crippen molar-refractivity contribution in [2.75, 3.05) is 6.61 Å². The van der Waals surface area contributed by atoms with Gasteiger partial charge >= 0.3 is 0 Å². The van der Waals surface area contributed by atoms with Crippen molar-refractivity contribution in [2.45, 2.75) is 0 Å². The lowest BCUT2D eigenvalue weighted by molar-refractivity contribution is 0.348. The highest BCUT2D eigenvalue weighted by molar-refractivity contribution is 6.30. The summed E-state index contributed by atoms with van der Waals surface area (Å²) in [4.78, 5) is 0. The highest BCUT2D eigenvalue weighted by atomic mass is 35.5. The third-order valence-corrected chi connectivity index (χ3v) is 1.44. The Morgan fingerprint density at radius 3 is 3.00 bits per heavy atom. The van der Waals surface area contributed by atoms with Crippen molar-refractivity contribution in [2.24, 2.45) is 0 Å². The lowest BCUT2D eigenvalue weighted by Crippen LogP contribution is -1.95. The number of hydrogen-bond acceptors (Lipinski definition) is 1. The predicted molar refractivity (Wildman–Crippen MR) is 45.7 cm³/mol. The van der Waals surface area contributed by atoms with Gasteiger partial charge in [0.25, 0.3) is 0 Å². The van der Waals surface area contributed by atoms with E-state index in [1.807, 2.05) is 0 Å². The molecule has 0 unspecified atom stereocenters. The number of benzene rings is 1. The quantitative estimate of drug-likeness (QED) is 0.642. The molecule has 0 aliphatic carbocycles. The molecule has 0 aromatic heterocycles. The number of halogens is 2. The van der Waals surface area contributed by atoms with Crippen LogP contribution < -0.4 is 4.74 Å². The van der Waals surface area contributed by atoms with Crippen LogP contribution in [0.2, 0.25) is 5.02 Å². The molecule has 1 aromatic rings. The maximum absolute atomic E-state index is 12.8. The number of terminal acetylenes is 1. The molecule has 12 heavy (non-hydrogen) atoms. The Labute approximate surface area is 75.1 Å². The van der Waals surface area contributed by atoms with Crippen LogP contribution in [-0.4, -0.2) is 6.61 Å². The molecule has 0 amide bonds. The van der Waals surface area contributed by atoms with E-state index in [1.54, 1.807) is 0 Å². The van der Waals surface area contributed by atoms with Gasteiger partial charge in [-0.2, -0.15) is 0 Å². The molecule has 0 heterocycles. The molecule has 0 saturated heterocycles. The van der Waals surface area contributed by atoms with Gasteiger partial charge in [0, 0.05) is 11.1 Å². The fourth-order valence-electron chi connectivity index (χ4n) is 0.707. The maximum Gasteiger partial charge on any atom is 0.165 e. The molecule has 3 heteroatoms. The molecule has 0 radical (unpaired) electrons. The second-order valence-electron chi connectivity index (χ2n) is 2.07. The van der Waals surface area contributed by atoms with Crippen LogP contribution in [0.3, 0.4) is 0 Å². The van der Waals surface area contributed by atoms with Crippen LogP contribution in [0.25, 0.3) is 0 Å². The number of hydrogen-bond donors (Lipinski definition) is 0. The first-order valence-corrected chi connectivity index (χ1v) is 3.63. The Kier molecular flexibility index (Phi) is 2.95. The zero-order valence-electron chi connectivity index (χ0n) is 6.18. The van der Waals surface area contributed by atoms with Gasteiger partial charge in [0.2, 0.25) is 0 Å². The molecular weight excluding hydrogens is 179 g/mol. The molecule has 0 N–H and O–H groups in total. The van der Waals surface area contributed by atoms with Crippen molar-refractivity contribution >= 4 is 11.6 Å². The summed E-state index contributed by atoms with van der Waals surface area (Å²) in [6, 6.07) is 4.06. The van der Waals surface area contributed by atoms with Gasteiger partial charge in [0.1, 0.15) is 6.61 Å². The van der Waals surface area contributed by atoms with Crippen LogP contribution in [-0.2, 0) is 0 Å². The average Bonchev–Trinajstić information content (AvgIpc) is 2.07. The lowest BCUT2D eigenvalue weighted by atomic mass is 10.3. The van der Waals surface area contributed by atoms with Crippen LogP contribution in [0, 0.1) is 18.2 Å². The SMILES string of the molecule is C#CCOc1cc(Cl)ccc1F. The van der Waals surface area contributed by atoms with E-state index in [2.05, 4.69) is 5.92 Å². The minimum atomic E-state index is -0.463. The largest absolute Gasteiger partial charge is 0.478 e. The van der Waals surface area contributed by atoms with Gasteiger partial charge in [0.05, 0.1) is 0 Å². The number of ether oxygens (including phenoxy) is 1. The van der Waals surface area contributed by atoms with Crippen molar-refractivity contribution in [3.8, 4) is 18.1 Å². The zero-order chi connectivity index (χ0) is 8.97. The Hall–Kier alpha value is -1.20. The molecule has 0 aliphatic rings. The summed E-state index contributed by atoms with van der Waals surface area (Å²) in [6.07, 6.45) is 4.93. The molecule has 0 atom stereocenters. The van der Waals surface area contributed by atoms with Gasteiger partial charge < -0.3 is 4.74 Å². The molecule has 0 spiro atoms. The van der Waals surface area contributed by atoms with Gasteiger partial charge in [-0.1, -0.05) is 17.5 Å². The molecule has 62 valence electrons. The minimum absolute atomic E-state index is 0.0390. The van der Waals surface area contributed by atoms with E-state index in [9.17, 15) is 4.39 Å². The molecule has 0 saturated carbocycles. The van der Waals surface area contributed by atoms with E-state index in [1.165, 1.54) is 18.2 Å². The first-order chi connectivity index (χ1) is 5.74. The third kappa shape index (κ3) is 2.14. The van der Waals surface area contributed by atoms with E-state index in [-0.39, 0.29) is 12.4 Å². The molecule has 1 nitrogen and oxygen atoms in total. The van der Waals surface area contributed by atoms with E-state index < -0.39 is 5.82 Å². The molecule has 0 aliphatic heterocycles. The van der Waals surface area contributed by atoms with Crippen molar-refractivity contribution in [1.82, 2.24) is 0 Å². The van der Waals surface area contributed by atoms with E-state index in [4.69, 9.17) is 22.8 Å². The number of rotatable bonds is 2. The summed E-state index contributed by atoms with van der Waals surface area (Å²) in [5.74, 6) is 1.85. The van der Waals surface area contributed by atoms with Gasteiger partial charge in [0.15, 0.2) is 11.6 Å². The standard InChI is InChI=1S/C9H6ClFO/c1-2-5-12-9-6-7(10)3-4-8(9)11/h1,3-4,6H,5H2. The van der Waals surface area contributed by atoms with Crippen LogP contribution in [0.15, 0.2) is 18.2 Å². The monoisotopic (exact) mass is 184 g/mol. The second kappa shape index (κ2) is 3.99. The van der Waals surface area contributed by atoms with Gasteiger partial charge in [-0.25, -0.2) is 4.39 Å². The van der Waals surface area contributed by atoms with Crippen molar-refractivity contribution in [3.63, 3.8) is 0 Å². The van der Waals surface area contributed by atoms with Crippen molar-refractivity contribution in [1.29, 1.82) is 0 Å². The van der Waals surface area contributed by atoms with Crippen LogP contribution >= 0.6 is 11.6 Å². The molecule has 1 rings (SSSR count). The lowest BCUT2D eigenvalue weighted by Gasteiger charge is -2.02. The molecule has 0 fully saturated rings. The van der Waals surface area contributed by atoms with E-state index in [0.717, 1.165) is 0 Å². The Balaban J connectivity index is 2.84. The first kappa shape index (κ1) is 8.89. The summed E-state index contributed by atoms with van der Waals surface area (Å²) < 4.78 is 17.7. The summed E-state index contributed by atoms with van der Waals surface area (Å²) in [7, 11) is 0. The van der Waals surface area contributed by atoms with Crippen LogP contribution in [0.4, 0.5) is 4.39 Å². The molecule has 1 aromatic carbocycles. The fourth-order valence-corrected chi connectivity index (χ4v) is 0.869. The minimum Gasteiger partial charge on any atom is -0.478 e. The molecular formula is C9H6ClFO. The first-order valence-electron chi connectivity index (χ1n) is 3.25. The van der Waals surface area contributed by atoms with E-state index in [0.29, 0.717) is 5.02 Å². The summed E-state index contributed by atoms with van der Waals surface area (Å²) in [6.45, 7) is 0.0390. The summed E-state index contributed by atoms with van der Waals surface area (Å²) in [5, 5.41) is 0.420. The smallest absolute Gasteiger partial charge is 0.165 e. The Morgan fingerprint density at radius 2 is 2.33 bits per heavy atom. The highest BCUT2D eigenvalue weighted by Gasteiger charge is 2.02. The topological polar surface area (TPSA) is 9.23 Å². The summed E-state index contributed by atoms with van der Waals surface area (Å²) in [5.41, 5.74) is 0. The maximum atomic E-state index is 12.8. The zero-order valence-corrected chi connectivity index (χ0v) is 6.94. The van der Waals surface area contributed by atoms with Gasteiger partial charge in [-0.05, 0) is 12.1 Å². The average molecular weight is 185 g/mol. The fraction of sp³-hybridized carbons (Fsp3) is 0.111. The predicted octanol–water partition coefficient (Wildman–Crippen LogP) is 2.49. The Bertz CT molecular complexity index is 317.